The van der Waals surface area contributed by atoms with E-state index in [1.165, 1.54) is 11.3 Å². The SMILES string of the molecule is CC(C)Nc1sc2nc(N)nc(N)c2c1C#N. The largest absolute Gasteiger partial charge is 0.383 e. The zero-order valence-corrected chi connectivity index (χ0v) is 10.3. The Morgan fingerprint density at radius 2 is 2.06 bits per heavy atom. The van der Waals surface area contributed by atoms with Gasteiger partial charge in [-0.25, -0.2) is 4.98 Å². The molecule has 2 aromatic heterocycles. The average Bonchev–Trinajstić information content (AvgIpc) is 2.53. The number of nitriles is 1. The zero-order valence-electron chi connectivity index (χ0n) is 9.48. The van der Waals surface area contributed by atoms with E-state index in [9.17, 15) is 5.26 Å². The fraction of sp³-hybridized carbons (Fsp3) is 0.300. The summed E-state index contributed by atoms with van der Waals surface area (Å²) in [5.41, 5.74) is 11.8. The van der Waals surface area contributed by atoms with Crippen LogP contribution in [0, 0.1) is 11.3 Å². The third-order valence-corrected chi connectivity index (χ3v) is 3.14. The summed E-state index contributed by atoms with van der Waals surface area (Å²) in [6.07, 6.45) is 0. The molecule has 88 valence electrons. The molecule has 0 unspecified atom stereocenters. The van der Waals surface area contributed by atoms with Gasteiger partial charge in [-0.05, 0) is 13.8 Å². The van der Waals surface area contributed by atoms with Crippen molar-refractivity contribution in [2.75, 3.05) is 16.8 Å². The summed E-state index contributed by atoms with van der Waals surface area (Å²) in [5, 5.41) is 13.7. The van der Waals surface area contributed by atoms with Crippen molar-refractivity contribution in [3.05, 3.63) is 5.56 Å². The molecule has 0 aliphatic rings. The maximum absolute atomic E-state index is 9.19. The van der Waals surface area contributed by atoms with Crippen molar-refractivity contribution in [3.8, 4) is 6.07 Å². The van der Waals surface area contributed by atoms with E-state index in [1.807, 2.05) is 13.8 Å². The summed E-state index contributed by atoms with van der Waals surface area (Å²) in [4.78, 5) is 8.60. The summed E-state index contributed by atoms with van der Waals surface area (Å²) in [6.45, 7) is 3.99. The average molecular weight is 248 g/mol. The normalized spacial score (nSPS) is 10.7. The summed E-state index contributed by atoms with van der Waals surface area (Å²) in [5.74, 6) is 0.369. The Kier molecular flexibility index (Phi) is 2.73. The van der Waals surface area contributed by atoms with Crippen molar-refractivity contribution in [2.24, 2.45) is 0 Å². The van der Waals surface area contributed by atoms with Gasteiger partial charge < -0.3 is 16.8 Å². The molecule has 0 aliphatic heterocycles. The monoisotopic (exact) mass is 248 g/mol. The van der Waals surface area contributed by atoms with Crippen LogP contribution in [0.25, 0.3) is 10.2 Å². The van der Waals surface area contributed by atoms with Crippen LogP contribution in [0.2, 0.25) is 0 Å². The first-order valence-electron chi connectivity index (χ1n) is 5.05. The standard InChI is InChI=1S/C10H12N6S/c1-4(2)14-8-5(3-11)6-7(12)15-10(13)16-9(6)17-8/h4,14H,1-2H3,(H4,12,13,15,16). The lowest BCUT2D eigenvalue weighted by Gasteiger charge is -2.06. The highest BCUT2D eigenvalue weighted by Gasteiger charge is 2.17. The second-order valence-electron chi connectivity index (χ2n) is 3.86. The molecule has 0 radical (unpaired) electrons. The third-order valence-electron chi connectivity index (χ3n) is 2.13. The van der Waals surface area contributed by atoms with Crippen LogP contribution in [0.15, 0.2) is 0 Å². The minimum atomic E-state index is 0.122. The molecular formula is C10H12N6S. The molecule has 2 heterocycles. The Balaban J connectivity index is 2.72. The predicted molar refractivity (Wildman–Crippen MR) is 69.7 cm³/mol. The lowest BCUT2D eigenvalue weighted by Crippen LogP contribution is -2.09. The Morgan fingerprint density at radius 1 is 1.35 bits per heavy atom. The van der Waals surface area contributed by atoms with E-state index < -0.39 is 0 Å². The molecule has 0 aromatic carbocycles. The maximum atomic E-state index is 9.19. The number of rotatable bonds is 2. The minimum Gasteiger partial charge on any atom is -0.383 e. The summed E-state index contributed by atoms with van der Waals surface area (Å²) in [6, 6.07) is 2.36. The number of nitrogens with two attached hydrogens (primary N) is 2. The molecule has 17 heavy (non-hydrogen) atoms. The molecular weight excluding hydrogens is 236 g/mol. The van der Waals surface area contributed by atoms with Gasteiger partial charge in [0.2, 0.25) is 5.95 Å². The summed E-state index contributed by atoms with van der Waals surface area (Å²) < 4.78 is 0. The molecule has 0 aliphatic carbocycles. The van der Waals surface area contributed by atoms with E-state index in [2.05, 4.69) is 21.4 Å². The van der Waals surface area contributed by atoms with E-state index in [0.717, 1.165) is 5.00 Å². The number of nitrogen functional groups attached to an aromatic ring is 2. The number of nitrogens with one attached hydrogen (secondary N) is 1. The lowest BCUT2D eigenvalue weighted by atomic mass is 10.2. The van der Waals surface area contributed by atoms with Gasteiger partial charge in [-0.2, -0.15) is 10.2 Å². The van der Waals surface area contributed by atoms with Crippen LogP contribution in [0.1, 0.15) is 19.4 Å². The van der Waals surface area contributed by atoms with Crippen LogP contribution in [0.5, 0.6) is 0 Å². The second kappa shape index (κ2) is 4.07. The van der Waals surface area contributed by atoms with Gasteiger partial charge in [0.15, 0.2) is 0 Å². The topological polar surface area (TPSA) is 114 Å². The zero-order chi connectivity index (χ0) is 12.6. The number of aromatic nitrogens is 2. The molecule has 2 rings (SSSR count). The second-order valence-corrected chi connectivity index (χ2v) is 4.86. The number of nitrogens with zero attached hydrogens (tertiary/aromatic N) is 3. The van der Waals surface area contributed by atoms with E-state index in [0.29, 0.717) is 15.8 Å². The molecule has 5 N–H and O–H groups in total. The van der Waals surface area contributed by atoms with Gasteiger partial charge in [-0.15, -0.1) is 0 Å². The maximum Gasteiger partial charge on any atom is 0.223 e. The van der Waals surface area contributed by atoms with Crippen molar-refractivity contribution in [1.82, 2.24) is 9.97 Å². The molecule has 0 bridgehead atoms. The summed E-state index contributed by atoms with van der Waals surface area (Å²) in [7, 11) is 0. The van der Waals surface area contributed by atoms with E-state index in [1.54, 1.807) is 0 Å². The summed E-state index contributed by atoms with van der Waals surface area (Å²) >= 11 is 1.36. The smallest absolute Gasteiger partial charge is 0.223 e. The number of thiophene rings is 1. The fourth-order valence-corrected chi connectivity index (χ4v) is 2.70. The first-order chi connectivity index (χ1) is 8.02. The molecule has 0 saturated carbocycles. The molecule has 0 saturated heterocycles. The Bertz CT molecular complexity index is 609. The number of anilines is 3. The van der Waals surface area contributed by atoms with Crippen molar-refractivity contribution >= 4 is 38.3 Å². The van der Waals surface area contributed by atoms with E-state index in [4.69, 9.17) is 11.5 Å². The quantitative estimate of drug-likeness (QED) is 0.743. The van der Waals surface area contributed by atoms with Crippen LogP contribution in [0.4, 0.5) is 16.8 Å². The highest BCUT2D eigenvalue weighted by Crippen LogP contribution is 2.37. The van der Waals surface area contributed by atoms with Crippen LogP contribution >= 0.6 is 11.3 Å². The van der Waals surface area contributed by atoms with Crippen molar-refractivity contribution in [3.63, 3.8) is 0 Å². The molecule has 6 nitrogen and oxygen atoms in total. The van der Waals surface area contributed by atoms with E-state index >= 15 is 0 Å². The number of hydrogen-bond donors (Lipinski definition) is 3. The Morgan fingerprint density at radius 3 is 2.65 bits per heavy atom. The molecule has 0 fully saturated rings. The molecule has 0 atom stereocenters. The van der Waals surface area contributed by atoms with Crippen molar-refractivity contribution in [2.45, 2.75) is 19.9 Å². The van der Waals surface area contributed by atoms with Crippen LogP contribution in [-0.4, -0.2) is 16.0 Å². The molecule has 0 amide bonds. The van der Waals surface area contributed by atoms with Gasteiger partial charge in [-0.1, -0.05) is 11.3 Å². The van der Waals surface area contributed by atoms with Crippen LogP contribution in [-0.2, 0) is 0 Å². The highest BCUT2D eigenvalue weighted by molar-refractivity contribution is 7.22. The van der Waals surface area contributed by atoms with Crippen LogP contribution < -0.4 is 16.8 Å². The number of fused-ring (bicyclic) bond motifs is 1. The van der Waals surface area contributed by atoms with Crippen LogP contribution in [0.3, 0.4) is 0 Å². The number of hydrogen-bond acceptors (Lipinski definition) is 7. The first kappa shape index (κ1) is 11.4. The van der Waals surface area contributed by atoms with Gasteiger partial charge in [0.1, 0.15) is 21.7 Å². The van der Waals surface area contributed by atoms with Gasteiger partial charge in [0.05, 0.1) is 10.9 Å². The first-order valence-corrected chi connectivity index (χ1v) is 5.86. The molecule has 7 heteroatoms. The predicted octanol–water partition coefficient (Wildman–Crippen LogP) is 1.55. The van der Waals surface area contributed by atoms with Gasteiger partial charge in [-0.3, -0.25) is 0 Å². The van der Waals surface area contributed by atoms with Gasteiger partial charge in [0, 0.05) is 6.04 Å². The Hall–Kier alpha value is -2.07. The van der Waals surface area contributed by atoms with Gasteiger partial charge in [0.25, 0.3) is 0 Å². The van der Waals surface area contributed by atoms with Crippen molar-refractivity contribution < 1.29 is 0 Å². The molecule has 2 aromatic rings. The van der Waals surface area contributed by atoms with E-state index in [-0.39, 0.29) is 17.8 Å². The van der Waals surface area contributed by atoms with Gasteiger partial charge >= 0.3 is 0 Å². The minimum absolute atomic E-state index is 0.122. The molecule has 0 spiro atoms. The Labute approximate surface area is 102 Å². The third kappa shape index (κ3) is 1.94. The van der Waals surface area contributed by atoms with Crippen molar-refractivity contribution in [1.29, 1.82) is 5.26 Å². The highest BCUT2D eigenvalue weighted by atomic mass is 32.1. The fourth-order valence-electron chi connectivity index (χ4n) is 1.51. The lowest BCUT2D eigenvalue weighted by molar-refractivity contribution is 0.904.